The molecule has 2 heterocycles. The van der Waals surface area contributed by atoms with E-state index < -0.39 is 5.97 Å². The smallest absolute Gasteiger partial charge is 0.323 e. The van der Waals surface area contributed by atoms with Crippen molar-refractivity contribution in [3.63, 3.8) is 0 Å². The van der Waals surface area contributed by atoms with E-state index in [2.05, 4.69) is 36.4 Å². The fourth-order valence-corrected chi connectivity index (χ4v) is 5.81. The van der Waals surface area contributed by atoms with Crippen molar-refractivity contribution in [1.29, 1.82) is 0 Å². The van der Waals surface area contributed by atoms with Crippen LogP contribution in [0.4, 0.5) is 5.69 Å². The largest absolute Gasteiger partial charge is 0.480 e. The molecule has 3 aromatic carbocycles. The summed E-state index contributed by atoms with van der Waals surface area (Å²) in [4.78, 5) is 27.6. The van der Waals surface area contributed by atoms with E-state index in [1.165, 1.54) is 16.7 Å². The summed E-state index contributed by atoms with van der Waals surface area (Å²) in [5, 5.41) is 10.5. The van der Waals surface area contributed by atoms with E-state index in [9.17, 15) is 14.7 Å². The number of benzene rings is 3. The molecular weight excluding hydrogens is 424 g/mol. The maximum absolute atomic E-state index is 14.0. The number of aliphatic carboxylic acids is 1. The summed E-state index contributed by atoms with van der Waals surface area (Å²) in [5.74, 6) is -0.818. The van der Waals surface area contributed by atoms with Gasteiger partial charge in [0, 0.05) is 28.2 Å². The maximum Gasteiger partial charge on any atom is 0.323 e. The number of carbonyl (C=O) groups excluding carboxylic acids is 1. The Morgan fingerprint density at radius 1 is 0.882 bits per heavy atom. The Bertz CT molecular complexity index is 1430. The Balaban J connectivity index is 1.38. The summed E-state index contributed by atoms with van der Waals surface area (Å²) >= 11 is 0. The van der Waals surface area contributed by atoms with Crippen LogP contribution in [0.5, 0.6) is 0 Å². The number of anilines is 1. The zero-order chi connectivity index (χ0) is 23.2. The van der Waals surface area contributed by atoms with E-state index >= 15 is 0 Å². The zero-order valence-electron chi connectivity index (χ0n) is 18.9. The van der Waals surface area contributed by atoms with Gasteiger partial charge in [0.15, 0.2) is 0 Å². The van der Waals surface area contributed by atoms with Crippen LogP contribution < -0.4 is 4.90 Å². The fraction of sp³-hybridized carbons (Fsp3) is 0.241. The third-order valence-corrected chi connectivity index (χ3v) is 7.39. The van der Waals surface area contributed by atoms with Crippen molar-refractivity contribution in [3.05, 3.63) is 101 Å². The van der Waals surface area contributed by atoms with E-state index in [0.717, 1.165) is 40.7 Å². The lowest BCUT2D eigenvalue weighted by Gasteiger charge is -2.30. The quantitative estimate of drug-likeness (QED) is 0.479. The normalized spacial score (nSPS) is 16.9. The molecule has 1 aliphatic carbocycles. The molecule has 1 unspecified atom stereocenters. The SMILES string of the molecule is O=C(O)Cn1c2c(c3ccccc31)CC(C(=O)N1Cc3ccccc3Cc3ccccc31)CC2. The number of nitrogens with zero attached hydrogens (tertiary/aromatic N) is 2. The van der Waals surface area contributed by atoms with Crippen LogP contribution in [0.1, 0.15) is 34.4 Å². The highest BCUT2D eigenvalue weighted by atomic mass is 16.4. The fourth-order valence-electron chi connectivity index (χ4n) is 5.81. The molecule has 0 bridgehead atoms. The third kappa shape index (κ3) is 3.39. The first kappa shape index (κ1) is 20.7. The lowest BCUT2D eigenvalue weighted by Crippen LogP contribution is -2.38. The van der Waals surface area contributed by atoms with E-state index in [4.69, 9.17) is 0 Å². The Morgan fingerprint density at radius 2 is 1.59 bits per heavy atom. The lowest BCUT2D eigenvalue weighted by molar-refractivity contribution is -0.137. The number of hydrogen-bond acceptors (Lipinski definition) is 2. The van der Waals surface area contributed by atoms with Gasteiger partial charge in [0.1, 0.15) is 6.54 Å². The van der Waals surface area contributed by atoms with Crippen molar-refractivity contribution in [3.8, 4) is 0 Å². The monoisotopic (exact) mass is 450 g/mol. The average molecular weight is 451 g/mol. The van der Waals surface area contributed by atoms with Crippen molar-refractivity contribution >= 4 is 28.5 Å². The van der Waals surface area contributed by atoms with Gasteiger partial charge in [-0.05, 0) is 60.1 Å². The first-order chi connectivity index (χ1) is 16.6. The van der Waals surface area contributed by atoms with Crippen molar-refractivity contribution in [2.75, 3.05) is 4.90 Å². The highest BCUT2D eigenvalue weighted by Crippen LogP contribution is 2.37. The van der Waals surface area contributed by atoms with E-state index in [1.54, 1.807) is 0 Å². The second kappa shape index (κ2) is 8.17. The second-order valence-corrected chi connectivity index (χ2v) is 9.36. The Kier molecular flexibility index (Phi) is 4.98. The number of hydrogen-bond donors (Lipinski definition) is 1. The Labute approximate surface area is 198 Å². The first-order valence-electron chi connectivity index (χ1n) is 11.9. The topological polar surface area (TPSA) is 62.5 Å². The number of carbonyl (C=O) groups is 2. The van der Waals surface area contributed by atoms with Crippen LogP contribution in [0.2, 0.25) is 0 Å². The minimum atomic E-state index is -0.846. The number of para-hydroxylation sites is 2. The molecule has 6 rings (SSSR count). The third-order valence-electron chi connectivity index (χ3n) is 7.39. The second-order valence-electron chi connectivity index (χ2n) is 9.36. The van der Waals surface area contributed by atoms with Crippen molar-refractivity contribution in [1.82, 2.24) is 4.57 Å². The molecule has 1 aliphatic heterocycles. The van der Waals surface area contributed by atoms with Gasteiger partial charge in [-0.15, -0.1) is 0 Å². The summed E-state index contributed by atoms with van der Waals surface area (Å²) in [6.07, 6.45) is 2.90. The molecule has 0 radical (unpaired) electrons. The molecule has 2 aliphatic rings. The molecule has 5 heteroatoms. The van der Waals surface area contributed by atoms with Gasteiger partial charge < -0.3 is 14.6 Å². The minimum absolute atomic E-state index is 0.0508. The number of aromatic nitrogens is 1. The van der Waals surface area contributed by atoms with Crippen molar-refractivity contribution < 1.29 is 14.7 Å². The van der Waals surface area contributed by atoms with Crippen molar-refractivity contribution in [2.24, 2.45) is 5.92 Å². The number of fused-ring (bicyclic) bond motifs is 5. The van der Waals surface area contributed by atoms with Gasteiger partial charge in [-0.1, -0.05) is 60.7 Å². The van der Waals surface area contributed by atoms with Gasteiger partial charge in [-0.25, -0.2) is 0 Å². The number of carboxylic acids is 1. The number of rotatable bonds is 3. The molecule has 4 aromatic rings. The van der Waals surface area contributed by atoms with Gasteiger partial charge in [0.25, 0.3) is 0 Å². The van der Waals surface area contributed by atoms with Gasteiger partial charge >= 0.3 is 5.97 Å². The van der Waals surface area contributed by atoms with Crippen LogP contribution in [0.3, 0.4) is 0 Å². The maximum atomic E-state index is 14.0. The summed E-state index contributed by atoms with van der Waals surface area (Å²) in [6.45, 7) is 0.529. The molecule has 34 heavy (non-hydrogen) atoms. The summed E-state index contributed by atoms with van der Waals surface area (Å²) in [7, 11) is 0. The number of amides is 1. The lowest BCUT2D eigenvalue weighted by atomic mass is 9.85. The average Bonchev–Trinajstić information content (AvgIpc) is 3.05. The molecule has 0 fully saturated rings. The van der Waals surface area contributed by atoms with E-state index in [-0.39, 0.29) is 18.4 Å². The molecule has 170 valence electrons. The highest BCUT2D eigenvalue weighted by molar-refractivity contribution is 5.97. The number of carboxylic acid groups (broad SMARTS) is 1. The molecule has 1 amide bonds. The predicted molar refractivity (Wildman–Crippen MR) is 132 cm³/mol. The van der Waals surface area contributed by atoms with Crippen LogP contribution >= 0.6 is 0 Å². The Morgan fingerprint density at radius 3 is 2.41 bits per heavy atom. The highest BCUT2D eigenvalue weighted by Gasteiger charge is 2.34. The van der Waals surface area contributed by atoms with Crippen LogP contribution in [0.15, 0.2) is 72.8 Å². The van der Waals surface area contributed by atoms with Crippen LogP contribution in [-0.4, -0.2) is 21.6 Å². The molecule has 1 N–H and O–H groups in total. The molecule has 0 saturated carbocycles. The van der Waals surface area contributed by atoms with E-state index in [0.29, 0.717) is 19.4 Å². The van der Waals surface area contributed by atoms with Crippen LogP contribution in [0.25, 0.3) is 10.9 Å². The van der Waals surface area contributed by atoms with E-state index in [1.807, 2.05) is 45.9 Å². The zero-order valence-corrected chi connectivity index (χ0v) is 18.9. The predicted octanol–water partition coefficient (Wildman–Crippen LogP) is 4.97. The summed E-state index contributed by atoms with van der Waals surface area (Å²) < 4.78 is 1.92. The van der Waals surface area contributed by atoms with Crippen LogP contribution in [0, 0.1) is 5.92 Å². The first-order valence-corrected chi connectivity index (χ1v) is 11.9. The minimum Gasteiger partial charge on any atom is -0.480 e. The summed E-state index contributed by atoms with van der Waals surface area (Å²) in [5.41, 5.74) is 7.78. The molecule has 5 nitrogen and oxygen atoms in total. The van der Waals surface area contributed by atoms with Crippen LogP contribution in [-0.2, 0) is 41.9 Å². The van der Waals surface area contributed by atoms with Gasteiger partial charge in [0.2, 0.25) is 5.91 Å². The van der Waals surface area contributed by atoms with Gasteiger partial charge in [0.05, 0.1) is 6.54 Å². The molecule has 1 atom stereocenters. The molecule has 0 spiro atoms. The molecule has 1 aromatic heterocycles. The summed E-state index contributed by atoms with van der Waals surface area (Å²) in [6, 6.07) is 24.6. The molecular formula is C29H26N2O3. The molecule has 0 saturated heterocycles. The standard InChI is InChI=1S/C29H26N2O3/c32-28(33)18-30-26-12-6-4-10-23(26)24-16-21(13-14-27(24)30)29(34)31-17-22-9-2-1-7-19(22)15-20-8-3-5-11-25(20)31/h1-12,21H,13-18H2,(H,32,33). The van der Waals surface area contributed by atoms with Gasteiger partial charge in [-0.3, -0.25) is 9.59 Å². The Hall–Kier alpha value is -3.86. The van der Waals surface area contributed by atoms with Crippen molar-refractivity contribution in [2.45, 2.75) is 38.8 Å². The van der Waals surface area contributed by atoms with Gasteiger partial charge in [-0.2, -0.15) is 0 Å².